The third-order valence-electron chi connectivity index (χ3n) is 21.2. The van der Waals surface area contributed by atoms with Gasteiger partial charge in [-0.05, 0) is 128 Å². The van der Waals surface area contributed by atoms with Crippen LogP contribution in [0.1, 0.15) is 94.2 Å². The first kappa shape index (κ1) is 96.3. The molecule has 34 nitrogen and oxygen atoms in total. The fourth-order valence-electron chi connectivity index (χ4n) is 14.4. The summed E-state index contributed by atoms with van der Waals surface area (Å²) >= 11 is 8.61. The van der Waals surface area contributed by atoms with E-state index in [2.05, 4.69) is 53.5 Å². The third-order valence-corrected chi connectivity index (χ3v) is 24.9. The Morgan fingerprint density at radius 3 is 2.15 bits per heavy atom. The number of amides is 9. The van der Waals surface area contributed by atoms with E-state index in [0.29, 0.717) is 132 Å². The number of likely N-dealkylation sites (N-methyl/N-ethyl adjacent to an activating group) is 1. The maximum Gasteiger partial charge on any atom is 0.345 e. The Kier molecular flexibility index (Phi) is 35.0. The topological polar surface area (TPSA) is 440 Å². The second-order valence-electron chi connectivity index (χ2n) is 30.7. The largest absolute Gasteiger partial charge is 0.496 e. The molecule has 2 aliphatic heterocycles. The predicted octanol–water partition coefficient (Wildman–Crippen LogP) is 9.90. The number of primary amides is 1. The summed E-state index contributed by atoms with van der Waals surface area (Å²) in [5, 5.41) is 35.2. The molecule has 8 aromatic rings. The average Bonchev–Trinajstić information content (AvgIpc) is 1.59. The molecule has 10 rings (SSSR count). The van der Waals surface area contributed by atoms with Gasteiger partial charge in [0.1, 0.15) is 72.1 Å². The molecule has 5 heterocycles. The van der Waals surface area contributed by atoms with Gasteiger partial charge in [-0.3, -0.25) is 47.9 Å². The lowest BCUT2D eigenvalue weighted by Crippen LogP contribution is -2.57. The monoisotopic (exact) mass is 1800 g/mol. The van der Waals surface area contributed by atoms with Crippen LogP contribution in [-0.4, -0.2) is 239 Å². The van der Waals surface area contributed by atoms with Gasteiger partial charge in [-0.1, -0.05) is 80.0 Å². The van der Waals surface area contributed by atoms with E-state index in [9.17, 15) is 67.1 Å². The van der Waals surface area contributed by atoms with E-state index in [0.717, 1.165) is 22.6 Å². The number of thiophene rings is 1. The number of anilines is 1. The number of ether oxygens (including phenoxy) is 5. The maximum absolute atomic E-state index is 14.6. The number of piperazine rings is 1. The number of benzene rings is 5. The Hall–Kier alpha value is -11.9. The molecule has 5 aromatic carbocycles. The zero-order chi connectivity index (χ0) is 90.8. The molecule has 0 unspecified atom stereocenters. The van der Waals surface area contributed by atoms with Gasteiger partial charge >= 0.3 is 25.6 Å². The van der Waals surface area contributed by atoms with Crippen LogP contribution in [0.4, 0.5) is 14.9 Å². The Morgan fingerprint density at radius 1 is 0.754 bits per heavy atom. The molecule has 1 fully saturated rings. The molecule has 672 valence electrons. The van der Waals surface area contributed by atoms with Crippen molar-refractivity contribution >= 4 is 106 Å². The van der Waals surface area contributed by atoms with Gasteiger partial charge in [0.05, 0.1) is 94.5 Å². The van der Waals surface area contributed by atoms with E-state index in [-0.39, 0.29) is 116 Å². The number of fused-ring (bicyclic) bond motifs is 1. The standard InChI is InChI=1S/C88H105ClFN14O20PS/c1-9-122-125(117,123-10-2)46-16-22-71(105)98-66(86(112)113)49-75(109)101(6)50-59-47-61(97-82(110)65(19-15-35-93-88(91)116)99-83(111)79(54(3)4)100-72(106)34-43-119-44-40-103-73(107)31-32-74(103)108)28-25-58(59)51-104(7)41-37-102(38-42-104)39-45-120-69-30-29-63(55(5)78(69)89)76-77-84(94-53-95-85(77)126-80(76)56-23-26-60(90)27-24-56)124-70(87(114)115)48-57-17-11-13-20-67(57)121-52-62-33-36-92-81(96-62)64-18-12-14-21-68(64)118-8/h11-14,17-18,20-21,23-33,36,47,53-54,65-66,70,79H,9-10,15-16,19,22,34-35,37-46,48-52H2,1-8H3,(H8-,91,93,97,98,99,100,105,106,110,111,112,113,114,115,116)/p+1/t65-,66-,70+,79-/m0/s1. The Bertz CT molecular complexity index is 5280. The summed E-state index contributed by atoms with van der Waals surface area (Å²) in [6.45, 7) is 12.1. The van der Waals surface area contributed by atoms with Gasteiger partial charge in [0.2, 0.25) is 41.5 Å². The smallest absolute Gasteiger partial charge is 0.345 e. The van der Waals surface area contributed by atoms with Crippen LogP contribution in [-0.2, 0) is 87.6 Å². The summed E-state index contributed by atoms with van der Waals surface area (Å²) in [7, 11) is 1.62. The van der Waals surface area contributed by atoms with Crippen LogP contribution in [0.2, 0.25) is 5.02 Å². The number of imide groups is 1. The van der Waals surface area contributed by atoms with Crippen LogP contribution in [0.15, 0.2) is 134 Å². The fourth-order valence-corrected chi connectivity index (χ4v) is 17.4. The van der Waals surface area contributed by atoms with E-state index < -0.39 is 109 Å². The van der Waals surface area contributed by atoms with E-state index in [1.165, 1.54) is 41.7 Å². The average molecular weight is 1800 g/mol. The lowest BCUT2D eigenvalue weighted by molar-refractivity contribution is -0.926. The molecule has 0 saturated carbocycles. The highest BCUT2D eigenvalue weighted by Gasteiger charge is 2.36. The highest BCUT2D eigenvalue weighted by molar-refractivity contribution is 7.53. The minimum atomic E-state index is -3.51. The number of halogens is 2. The number of aliphatic carboxylic acids is 2. The van der Waals surface area contributed by atoms with Gasteiger partial charge in [-0.25, -0.2) is 38.7 Å². The molecule has 9 amide bonds. The van der Waals surface area contributed by atoms with Gasteiger partial charge in [-0.15, -0.1) is 11.3 Å². The van der Waals surface area contributed by atoms with E-state index >= 15 is 0 Å². The zero-order valence-electron chi connectivity index (χ0n) is 71.4. The molecule has 0 spiro atoms. The number of para-hydroxylation sites is 2. The van der Waals surface area contributed by atoms with Gasteiger partial charge in [0.25, 0.3) is 11.8 Å². The summed E-state index contributed by atoms with van der Waals surface area (Å²) in [4.78, 5) is 155. The van der Waals surface area contributed by atoms with Crippen molar-refractivity contribution in [1.29, 1.82) is 0 Å². The first-order chi connectivity index (χ1) is 60.3. The highest BCUT2D eigenvalue weighted by atomic mass is 35.5. The molecular weight excluding hydrogens is 1690 g/mol. The van der Waals surface area contributed by atoms with Crippen molar-refractivity contribution in [2.45, 2.75) is 123 Å². The zero-order valence-corrected chi connectivity index (χ0v) is 73.8. The van der Waals surface area contributed by atoms with Crippen LogP contribution in [0, 0.1) is 18.7 Å². The second kappa shape index (κ2) is 45.8. The van der Waals surface area contributed by atoms with E-state index in [1.54, 1.807) is 102 Å². The summed E-state index contributed by atoms with van der Waals surface area (Å²) in [6.07, 6.45) is 2.58. The van der Waals surface area contributed by atoms with Crippen LogP contribution < -0.4 is 51.3 Å². The molecule has 4 atom stereocenters. The number of nitrogens with two attached hydrogens (primary N) is 1. The predicted molar refractivity (Wildman–Crippen MR) is 468 cm³/mol. The number of rotatable bonds is 48. The SMILES string of the molecule is CCOP(=O)(CCCC(=O)N[C@@H](CC(=O)N(C)Cc1cc(NC(=O)[C@H](CCCNC(N)=O)NC(=O)[C@@H](NC(=O)CCOCCN2C(=O)C=CC2=O)C(C)C)ccc1C[N+]1(C)CCN(CCOc2ccc(-c3c(-c4ccc(F)cc4)sc4ncnc(O[C@H](Cc5ccccc5OCc5ccnc(-c6ccccc6OC)n5)C(=O)O)c34)c(C)c2Cl)CC1)C(=O)O)OCC. The number of hydrogen-bond acceptors (Lipinski definition) is 24. The number of carboxylic acids is 2. The summed E-state index contributed by atoms with van der Waals surface area (Å²) < 4.78 is 69.2. The first-order valence-electron chi connectivity index (χ1n) is 41.2. The number of carboxylic acid groups (broad SMARTS) is 2. The van der Waals surface area contributed by atoms with Crippen molar-refractivity contribution in [2.75, 3.05) is 112 Å². The number of nitrogens with one attached hydrogen (secondary N) is 5. The van der Waals surface area contributed by atoms with Gasteiger partial charge < -0.3 is 84.6 Å². The third kappa shape index (κ3) is 26.8. The highest BCUT2D eigenvalue weighted by Crippen LogP contribution is 2.51. The van der Waals surface area contributed by atoms with Crippen LogP contribution in [0.5, 0.6) is 23.1 Å². The maximum atomic E-state index is 14.6. The molecule has 38 heteroatoms. The molecule has 0 radical (unpaired) electrons. The summed E-state index contributed by atoms with van der Waals surface area (Å²) in [5.41, 5.74) is 11.1. The number of quaternary nitrogens is 1. The molecule has 9 N–H and O–H groups in total. The van der Waals surface area contributed by atoms with Crippen molar-refractivity contribution in [3.63, 3.8) is 0 Å². The van der Waals surface area contributed by atoms with Crippen LogP contribution in [0.25, 0.3) is 43.2 Å². The molecule has 3 aromatic heterocycles. The van der Waals surface area contributed by atoms with Gasteiger partial charge in [-0.2, -0.15) is 0 Å². The van der Waals surface area contributed by atoms with Crippen LogP contribution >= 0.6 is 30.5 Å². The number of hydrogen-bond donors (Lipinski definition) is 8. The van der Waals surface area contributed by atoms with Crippen molar-refractivity contribution in [2.24, 2.45) is 11.7 Å². The van der Waals surface area contributed by atoms with Gasteiger partial charge in [0.15, 0.2) is 5.82 Å². The minimum Gasteiger partial charge on any atom is -0.496 e. The minimum absolute atomic E-state index is 0.0173. The molecule has 126 heavy (non-hydrogen) atoms. The molecule has 2 aliphatic rings. The quantitative estimate of drug-likeness (QED) is 0.00760. The summed E-state index contributed by atoms with van der Waals surface area (Å²) in [5.74, 6) is -6.15. The van der Waals surface area contributed by atoms with Gasteiger partial charge in [0, 0.05) is 99.1 Å². The van der Waals surface area contributed by atoms with Crippen molar-refractivity contribution in [1.82, 2.24) is 55.9 Å². The van der Waals surface area contributed by atoms with Crippen LogP contribution in [0.3, 0.4) is 0 Å². The lowest BCUT2D eigenvalue weighted by Gasteiger charge is -2.42. The van der Waals surface area contributed by atoms with Crippen molar-refractivity contribution in [3.05, 3.63) is 173 Å². The summed E-state index contributed by atoms with van der Waals surface area (Å²) in [6, 6.07) is 26.0. The normalized spacial score (nSPS) is 14.2. The number of nitrogens with zero attached hydrogens (tertiary/aromatic N) is 8. The molecular formula is C88H106ClFN14O20PS+. The Labute approximate surface area is 737 Å². The number of urea groups is 1. The van der Waals surface area contributed by atoms with Crippen molar-refractivity contribution < 1.29 is 104 Å². The Morgan fingerprint density at radius 2 is 1.46 bits per heavy atom. The van der Waals surface area contributed by atoms with E-state index in [4.69, 9.17) is 55.1 Å². The fraction of sp³-hybridized carbons (Fsp3) is 0.409. The number of carbonyl (C=O) groups is 10. The first-order valence-corrected chi connectivity index (χ1v) is 44.2. The number of aromatic nitrogens is 4. The van der Waals surface area contributed by atoms with Crippen molar-refractivity contribution in [3.8, 4) is 56.1 Å². The Balaban J connectivity index is 0.828. The molecule has 0 aliphatic carbocycles. The number of methoxy groups -OCH3 is 1. The van der Waals surface area contributed by atoms with E-state index in [1.807, 2.05) is 43.3 Å². The second-order valence-corrected chi connectivity index (χ2v) is 34.3. The molecule has 0 bridgehead atoms. The molecule has 1 saturated heterocycles. The number of carbonyl (C=O) groups excluding carboxylic acids is 8. The lowest BCUT2D eigenvalue weighted by atomic mass is 9.96.